The van der Waals surface area contributed by atoms with Crippen molar-refractivity contribution in [2.75, 3.05) is 7.11 Å². The van der Waals surface area contributed by atoms with Gasteiger partial charge in [0.05, 0.1) is 21.9 Å². The molecule has 0 heterocycles. The summed E-state index contributed by atoms with van der Waals surface area (Å²) in [6, 6.07) is 16.7. The highest BCUT2D eigenvalue weighted by Crippen LogP contribution is 2.34. The topological polar surface area (TPSA) is 68.1 Å². The normalized spacial score (nSPS) is 10.9. The molecule has 0 atom stereocenters. The molecule has 0 aliphatic rings. The molecule has 0 amide bonds. The van der Waals surface area contributed by atoms with E-state index in [1.807, 2.05) is 37.4 Å². The van der Waals surface area contributed by atoms with Crippen molar-refractivity contribution in [3.8, 4) is 11.5 Å². The number of ether oxygens (including phenoxy) is 2. The number of carboxylic acid groups (broad SMARTS) is 1. The molecule has 1 N–H and O–H groups in total. The molecule has 6 heteroatoms. The Bertz CT molecular complexity index is 1090. The lowest BCUT2D eigenvalue weighted by Crippen LogP contribution is -2.02. The second-order valence-corrected chi connectivity index (χ2v) is 8.04. The van der Waals surface area contributed by atoms with Gasteiger partial charge in [-0.3, -0.25) is 4.99 Å². The minimum Gasteiger partial charge on any atom is -0.493 e. The van der Waals surface area contributed by atoms with Crippen LogP contribution in [0.2, 0.25) is 0 Å². The van der Waals surface area contributed by atoms with Crippen LogP contribution in [0, 0.1) is 17.4 Å². The highest BCUT2D eigenvalue weighted by molar-refractivity contribution is 14.1. The molecule has 0 aromatic heterocycles. The summed E-state index contributed by atoms with van der Waals surface area (Å²) >= 11 is 2.21. The molecule has 0 spiro atoms. The first kappa shape index (κ1) is 21.8. The third-order valence-corrected chi connectivity index (χ3v) is 5.34. The zero-order chi connectivity index (χ0) is 21.7. The van der Waals surface area contributed by atoms with Crippen molar-refractivity contribution in [3.05, 3.63) is 86.0 Å². The average Bonchev–Trinajstić information content (AvgIpc) is 2.72. The number of halogens is 1. The molecule has 30 heavy (non-hydrogen) atoms. The van der Waals surface area contributed by atoms with Gasteiger partial charge < -0.3 is 14.6 Å². The van der Waals surface area contributed by atoms with E-state index in [1.165, 1.54) is 5.56 Å². The van der Waals surface area contributed by atoms with Gasteiger partial charge in [-0.1, -0.05) is 29.8 Å². The number of benzene rings is 3. The van der Waals surface area contributed by atoms with Crippen molar-refractivity contribution in [1.82, 2.24) is 0 Å². The Kier molecular flexibility index (Phi) is 7.10. The first-order valence-electron chi connectivity index (χ1n) is 9.31. The third kappa shape index (κ3) is 5.38. The molecule has 0 saturated heterocycles. The number of methoxy groups -OCH3 is 1. The Labute approximate surface area is 189 Å². The first-order chi connectivity index (χ1) is 14.4. The minimum atomic E-state index is -0.947. The Morgan fingerprint density at radius 1 is 1.10 bits per heavy atom. The monoisotopic (exact) mass is 515 g/mol. The first-order valence-corrected chi connectivity index (χ1v) is 10.4. The van der Waals surface area contributed by atoms with Crippen molar-refractivity contribution in [1.29, 1.82) is 0 Å². The molecular weight excluding hydrogens is 493 g/mol. The van der Waals surface area contributed by atoms with Crippen LogP contribution in [0.1, 0.15) is 32.6 Å². The van der Waals surface area contributed by atoms with Crippen molar-refractivity contribution in [3.63, 3.8) is 0 Å². The van der Waals surface area contributed by atoms with E-state index in [9.17, 15) is 4.79 Å². The third-order valence-electron chi connectivity index (χ3n) is 4.54. The van der Waals surface area contributed by atoms with Crippen LogP contribution in [0.5, 0.6) is 11.5 Å². The molecule has 3 aromatic carbocycles. The molecule has 3 rings (SSSR count). The van der Waals surface area contributed by atoms with Gasteiger partial charge in [0.1, 0.15) is 6.61 Å². The largest absolute Gasteiger partial charge is 0.493 e. The lowest BCUT2D eigenvalue weighted by molar-refractivity contribution is 0.0697. The van der Waals surface area contributed by atoms with Gasteiger partial charge in [-0.25, -0.2) is 4.79 Å². The molecule has 0 aliphatic heterocycles. The number of aliphatic imine (C=N–C) groups is 1. The van der Waals surface area contributed by atoms with Crippen LogP contribution >= 0.6 is 22.6 Å². The number of hydrogen-bond donors (Lipinski definition) is 1. The van der Waals surface area contributed by atoms with Gasteiger partial charge in [0.25, 0.3) is 0 Å². The Morgan fingerprint density at radius 2 is 1.83 bits per heavy atom. The Morgan fingerprint density at radius 3 is 2.47 bits per heavy atom. The zero-order valence-corrected chi connectivity index (χ0v) is 19.1. The van der Waals surface area contributed by atoms with Gasteiger partial charge in [0, 0.05) is 6.21 Å². The van der Waals surface area contributed by atoms with E-state index in [0.717, 1.165) is 25.9 Å². The lowest BCUT2D eigenvalue weighted by atomic mass is 10.1. The molecule has 0 fully saturated rings. The van der Waals surface area contributed by atoms with Crippen molar-refractivity contribution >= 4 is 40.5 Å². The molecule has 0 saturated carbocycles. The number of rotatable bonds is 7. The van der Waals surface area contributed by atoms with E-state index in [4.69, 9.17) is 14.6 Å². The maximum absolute atomic E-state index is 11.0. The van der Waals surface area contributed by atoms with Crippen molar-refractivity contribution in [2.45, 2.75) is 20.5 Å². The van der Waals surface area contributed by atoms with Crippen LogP contribution in [-0.2, 0) is 6.61 Å². The van der Waals surface area contributed by atoms with E-state index in [1.54, 1.807) is 31.4 Å². The summed E-state index contributed by atoms with van der Waals surface area (Å²) in [5.41, 5.74) is 5.30. The van der Waals surface area contributed by atoms with Gasteiger partial charge >= 0.3 is 5.97 Å². The molecular formula is C24H22INO4. The number of nitrogens with zero attached hydrogens (tertiary/aromatic N) is 1. The summed E-state index contributed by atoms with van der Waals surface area (Å²) in [5.74, 6) is 0.312. The molecule has 5 nitrogen and oxygen atoms in total. The molecule has 0 aliphatic carbocycles. The van der Waals surface area contributed by atoms with E-state index in [2.05, 4.69) is 40.6 Å². The SMILES string of the molecule is COc1cc(C=Nc2ccc(C)cc2C)cc(I)c1OCc1ccc(C(=O)O)cc1. The summed E-state index contributed by atoms with van der Waals surface area (Å²) in [4.78, 5) is 15.6. The fourth-order valence-corrected chi connectivity index (χ4v) is 3.73. The van der Waals surface area contributed by atoms with E-state index >= 15 is 0 Å². The lowest BCUT2D eigenvalue weighted by Gasteiger charge is -2.14. The van der Waals surface area contributed by atoms with E-state index in [-0.39, 0.29) is 5.56 Å². The van der Waals surface area contributed by atoms with Gasteiger partial charge in [0.2, 0.25) is 0 Å². The van der Waals surface area contributed by atoms with Gasteiger partial charge in [-0.05, 0) is 83.5 Å². The van der Waals surface area contributed by atoms with Crippen LogP contribution < -0.4 is 9.47 Å². The second kappa shape index (κ2) is 9.75. The Balaban J connectivity index is 1.78. The summed E-state index contributed by atoms with van der Waals surface area (Å²) in [5, 5.41) is 9.00. The minimum absolute atomic E-state index is 0.248. The maximum atomic E-state index is 11.0. The van der Waals surface area contributed by atoms with Crippen LogP contribution in [0.15, 0.2) is 59.6 Å². The van der Waals surface area contributed by atoms with Crippen LogP contribution in [0.25, 0.3) is 0 Å². The molecule has 0 bridgehead atoms. The number of carboxylic acids is 1. The number of aromatic carboxylic acids is 1. The number of hydrogen-bond acceptors (Lipinski definition) is 4. The van der Waals surface area contributed by atoms with Crippen molar-refractivity contribution in [2.24, 2.45) is 4.99 Å². The van der Waals surface area contributed by atoms with Crippen LogP contribution in [-0.4, -0.2) is 24.4 Å². The highest BCUT2D eigenvalue weighted by Gasteiger charge is 2.12. The quantitative estimate of drug-likeness (QED) is 0.312. The van der Waals surface area contributed by atoms with E-state index in [0.29, 0.717) is 18.1 Å². The predicted octanol–water partition coefficient (Wildman–Crippen LogP) is 5.94. The smallest absolute Gasteiger partial charge is 0.335 e. The number of carbonyl (C=O) groups is 1. The van der Waals surface area contributed by atoms with E-state index < -0.39 is 5.97 Å². The summed E-state index contributed by atoms with van der Waals surface area (Å²) in [6.45, 7) is 4.42. The standard InChI is InChI=1S/C24H22INO4/c1-15-4-9-21(16(2)10-15)26-13-18-11-20(25)23(22(12-18)29-3)30-14-17-5-7-19(8-6-17)24(27)28/h4-13H,14H2,1-3H3,(H,27,28). The average molecular weight is 515 g/mol. The summed E-state index contributed by atoms with van der Waals surface area (Å²) in [6.07, 6.45) is 1.82. The van der Waals surface area contributed by atoms with Crippen molar-refractivity contribution < 1.29 is 19.4 Å². The summed E-state index contributed by atoms with van der Waals surface area (Å²) in [7, 11) is 1.60. The molecule has 0 radical (unpaired) electrons. The van der Waals surface area contributed by atoms with Gasteiger partial charge in [-0.15, -0.1) is 0 Å². The Hall–Kier alpha value is -2.87. The van der Waals surface area contributed by atoms with Gasteiger partial charge in [0.15, 0.2) is 11.5 Å². The second-order valence-electron chi connectivity index (χ2n) is 6.87. The highest BCUT2D eigenvalue weighted by atomic mass is 127. The van der Waals surface area contributed by atoms with Crippen LogP contribution in [0.4, 0.5) is 5.69 Å². The summed E-state index contributed by atoms with van der Waals surface area (Å²) < 4.78 is 12.4. The fourth-order valence-electron chi connectivity index (χ4n) is 2.95. The molecule has 154 valence electrons. The molecule has 0 unspecified atom stereocenters. The predicted molar refractivity (Wildman–Crippen MR) is 127 cm³/mol. The van der Waals surface area contributed by atoms with Crippen LogP contribution in [0.3, 0.4) is 0 Å². The van der Waals surface area contributed by atoms with Gasteiger partial charge in [-0.2, -0.15) is 0 Å². The molecule has 3 aromatic rings. The maximum Gasteiger partial charge on any atom is 0.335 e. The fraction of sp³-hybridized carbons (Fsp3) is 0.167. The zero-order valence-electron chi connectivity index (χ0n) is 17.0. The number of aryl methyl sites for hydroxylation is 2.